The van der Waals surface area contributed by atoms with Crippen LogP contribution in [-0.4, -0.2) is 53.3 Å². The van der Waals surface area contributed by atoms with Crippen molar-refractivity contribution >= 4 is 11.6 Å². The van der Waals surface area contributed by atoms with Crippen LogP contribution in [0.15, 0.2) is 30.3 Å². The molecule has 1 fully saturated rings. The first-order valence-corrected chi connectivity index (χ1v) is 10.0. The first kappa shape index (κ1) is 19.4. The fourth-order valence-electron chi connectivity index (χ4n) is 3.73. The topological polar surface area (TPSA) is 24.3 Å². The van der Waals surface area contributed by atoms with Crippen LogP contribution in [0.5, 0.6) is 0 Å². The molecule has 0 radical (unpaired) electrons. The third-order valence-electron chi connectivity index (χ3n) is 5.43. The van der Waals surface area contributed by atoms with E-state index in [1.807, 2.05) is 10.7 Å². The van der Waals surface area contributed by atoms with Crippen molar-refractivity contribution in [1.29, 1.82) is 0 Å². The van der Waals surface area contributed by atoms with Crippen LogP contribution >= 0.6 is 11.6 Å². The van der Waals surface area contributed by atoms with Crippen molar-refractivity contribution in [2.45, 2.75) is 39.3 Å². The van der Waals surface area contributed by atoms with Gasteiger partial charge in [-0.05, 0) is 71.4 Å². The van der Waals surface area contributed by atoms with Gasteiger partial charge in [0, 0.05) is 12.1 Å². The number of rotatable bonds is 7. The van der Waals surface area contributed by atoms with Gasteiger partial charge < -0.3 is 4.90 Å². The molecule has 1 saturated heterocycles. The Morgan fingerprint density at radius 2 is 1.81 bits per heavy atom. The molecule has 0 spiro atoms. The van der Waals surface area contributed by atoms with Crippen molar-refractivity contribution in [3.05, 3.63) is 52.3 Å². The molecule has 26 heavy (non-hydrogen) atoms. The van der Waals surface area contributed by atoms with E-state index in [4.69, 9.17) is 11.6 Å². The van der Waals surface area contributed by atoms with Crippen LogP contribution < -0.4 is 0 Å². The second-order valence-electron chi connectivity index (χ2n) is 7.81. The molecule has 0 unspecified atom stereocenters. The summed E-state index contributed by atoms with van der Waals surface area (Å²) < 4.78 is 1.94. The van der Waals surface area contributed by atoms with E-state index in [2.05, 4.69) is 60.2 Å². The number of likely N-dealkylation sites (tertiary alicyclic amines) is 1. The van der Waals surface area contributed by atoms with E-state index in [1.54, 1.807) is 0 Å². The largest absolute Gasteiger partial charge is 0.309 e. The summed E-state index contributed by atoms with van der Waals surface area (Å²) in [7, 11) is 4.32. The molecule has 0 bridgehead atoms. The number of hydrogen-bond donors (Lipinski definition) is 0. The number of hydrogen-bond acceptors (Lipinski definition) is 3. The molecule has 0 N–H and O–H groups in total. The Kier molecular flexibility index (Phi) is 6.74. The monoisotopic (exact) mass is 374 g/mol. The van der Waals surface area contributed by atoms with Gasteiger partial charge in [0.25, 0.3) is 0 Å². The van der Waals surface area contributed by atoms with Crippen LogP contribution in [0, 0.1) is 12.8 Å². The van der Waals surface area contributed by atoms with Gasteiger partial charge in [0.1, 0.15) is 5.15 Å². The molecule has 4 nitrogen and oxygen atoms in total. The number of aromatic nitrogens is 2. The average molecular weight is 375 g/mol. The molecule has 142 valence electrons. The molecular weight excluding hydrogens is 344 g/mol. The highest BCUT2D eigenvalue weighted by atomic mass is 35.5. The Labute approximate surface area is 162 Å². The molecule has 2 aromatic rings. The van der Waals surface area contributed by atoms with Gasteiger partial charge in [-0.1, -0.05) is 41.9 Å². The lowest BCUT2D eigenvalue weighted by Gasteiger charge is -2.32. The van der Waals surface area contributed by atoms with Crippen LogP contribution in [0.1, 0.15) is 36.1 Å². The summed E-state index contributed by atoms with van der Waals surface area (Å²) in [5.41, 5.74) is 3.47. The van der Waals surface area contributed by atoms with Gasteiger partial charge in [-0.3, -0.25) is 4.90 Å². The Hall–Kier alpha value is -1.36. The molecule has 3 rings (SSSR count). The predicted octanol–water partition coefficient (Wildman–Crippen LogP) is 4.06. The second-order valence-corrected chi connectivity index (χ2v) is 8.17. The standard InChI is InChI=1S/C21H31ClN4/c1-17-20(16-25-13-10-18(11-14-25)9-12-24(2)3)21(22)26(23-17)15-19-7-5-4-6-8-19/h4-8,18H,9-16H2,1-3H3. The summed E-state index contributed by atoms with van der Waals surface area (Å²) in [4.78, 5) is 4.82. The van der Waals surface area contributed by atoms with Gasteiger partial charge in [0.2, 0.25) is 0 Å². The highest BCUT2D eigenvalue weighted by Crippen LogP contribution is 2.26. The van der Waals surface area contributed by atoms with E-state index in [0.717, 1.165) is 42.9 Å². The molecule has 0 aliphatic carbocycles. The summed E-state index contributed by atoms with van der Waals surface area (Å²) in [6.07, 6.45) is 3.90. The quantitative estimate of drug-likeness (QED) is 0.730. The Balaban J connectivity index is 1.57. The summed E-state index contributed by atoms with van der Waals surface area (Å²) in [5.74, 6) is 0.867. The maximum atomic E-state index is 6.68. The van der Waals surface area contributed by atoms with Gasteiger partial charge in [-0.25, -0.2) is 4.68 Å². The minimum Gasteiger partial charge on any atom is -0.309 e. The molecule has 5 heteroatoms. The molecule has 1 aromatic heterocycles. The van der Waals surface area contributed by atoms with E-state index in [1.165, 1.54) is 36.9 Å². The second kappa shape index (κ2) is 9.03. The fraction of sp³-hybridized carbons (Fsp3) is 0.571. The van der Waals surface area contributed by atoms with Crippen LogP contribution in [-0.2, 0) is 13.1 Å². The Bertz CT molecular complexity index is 688. The third-order valence-corrected chi connectivity index (χ3v) is 5.85. The van der Waals surface area contributed by atoms with Gasteiger partial charge in [0.05, 0.1) is 12.2 Å². The highest BCUT2D eigenvalue weighted by molar-refractivity contribution is 6.30. The van der Waals surface area contributed by atoms with Crippen molar-refractivity contribution in [3.8, 4) is 0 Å². The summed E-state index contributed by atoms with van der Waals surface area (Å²) in [6.45, 7) is 7.25. The van der Waals surface area contributed by atoms with E-state index in [-0.39, 0.29) is 0 Å². The van der Waals surface area contributed by atoms with Crippen molar-refractivity contribution in [1.82, 2.24) is 19.6 Å². The number of halogens is 1. The zero-order valence-electron chi connectivity index (χ0n) is 16.3. The molecule has 1 aliphatic heterocycles. The Morgan fingerprint density at radius 1 is 1.12 bits per heavy atom. The molecule has 0 atom stereocenters. The zero-order chi connectivity index (χ0) is 18.5. The van der Waals surface area contributed by atoms with Crippen molar-refractivity contribution in [2.24, 2.45) is 5.92 Å². The third kappa shape index (κ3) is 5.09. The first-order chi connectivity index (χ1) is 12.5. The van der Waals surface area contributed by atoms with E-state index >= 15 is 0 Å². The van der Waals surface area contributed by atoms with E-state index in [9.17, 15) is 0 Å². The Morgan fingerprint density at radius 3 is 2.46 bits per heavy atom. The molecular formula is C21H31ClN4. The number of nitrogens with zero attached hydrogens (tertiary/aromatic N) is 4. The predicted molar refractivity (Wildman–Crippen MR) is 109 cm³/mol. The minimum absolute atomic E-state index is 0.729. The van der Waals surface area contributed by atoms with E-state index < -0.39 is 0 Å². The van der Waals surface area contributed by atoms with Gasteiger partial charge >= 0.3 is 0 Å². The summed E-state index contributed by atoms with van der Waals surface area (Å²) in [6, 6.07) is 10.4. The van der Waals surface area contributed by atoms with Crippen molar-refractivity contribution in [3.63, 3.8) is 0 Å². The van der Waals surface area contributed by atoms with E-state index in [0.29, 0.717) is 0 Å². The molecule has 0 saturated carbocycles. The lowest BCUT2D eigenvalue weighted by Crippen LogP contribution is -2.34. The molecule has 1 aliphatic rings. The maximum absolute atomic E-state index is 6.68. The van der Waals surface area contributed by atoms with Crippen molar-refractivity contribution < 1.29 is 0 Å². The molecule has 0 amide bonds. The summed E-state index contributed by atoms with van der Waals surface area (Å²) in [5, 5.41) is 5.48. The number of piperidine rings is 1. The minimum atomic E-state index is 0.729. The number of aryl methyl sites for hydroxylation is 1. The lowest BCUT2D eigenvalue weighted by molar-refractivity contribution is 0.165. The smallest absolute Gasteiger partial charge is 0.132 e. The van der Waals surface area contributed by atoms with Gasteiger partial charge in [-0.2, -0.15) is 5.10 Å². The zero-order valence-corrected chi connectivity index (χ0v) is 17.0. The van der Waals surface area contributed by atoms with Crippen LogP contribution in [0.25, 0.3) is 0 Å². The fourth-order valence-corrected chi connectivity index (χ4v) is 4.02. The van der Waals surface area contributed by atoms with Crippen LogP contribution in [0.3, 0.4) is 0 Å². The van der Waals surface area contributed by atoms with Gasteiger partial charge in [-0.15, -0.1) is 0 Å². The van der Waals surface area contributed by atoms with Crippen LogP contribution in [0.4, 0.5) is 0 Å². The number of benzene rings is 1. The summed E-state index contributed by atoms with van der Waals surface area (Å²) >= 11 is 6.68. The maximum Gasteiger partial charge on any atom is 0.132 e. The van der Waals surface area contributed by atoms with Crippen LogP contribution in [0.2, 0.25) is 5.15 Å². The normalized spacial score (nSPS) is 16.5. The highest BCUT2D eigenvalue weighted by Gasteiger charge is 2.22. The lowest BCUT2D eigenvalue weighted by atomic mass is 9.93. The first-order valence-electron chi connectivity index (χ1n) is 9.65. The molecule has 2 heterocycles. The average Bonchev–Trinajstić information content (AvgIpc) is 2.89. The van der Waals surface area contributed by atoms with Gasteiger partial charge in [0.15, 0.2) is 0 Å². The molecule has 1 aromatic carbocycles. The van der Waals surface area contributed by atoms with Crippen molar-refractivity contribution in [2.75, 3.05) is 33.7 Å². The SMILES string of the molecule is Cc1nn(Cc2ccccc2)c(Cl)c1CN1CCC(CCN(C)C)CC1.